The number of para-hydroxylation sites is 1. The third kappa shape index (κ3) is 5.03. The molecule has 2 N–H and O–H groups in total. The summed E-state index contributed by atoms with van der Waals surface area (Å²) in [5, 5.41) is 7.85. The van der Waals surface area contributed by atoms with E-state index in [1.807, 2.05) is 55.6 Å². The zero-order valence-corrected chi connectivity index (χ0v) is 18.3. The molecule has 0 aliphatic carbocycles. The van der Waals surface area contributed by atoms with Crippen molar-refractivity contribution in [3.63, 3.8) is 0 Å². The molecule has 0 atom stereocenters. The number of aromatic nitrogens is 1. The first-order valence-electron chi connectivity index (χ1n) is 9.86. The second-order valence-electron chi connectivity index (χ2n) is 7.92. The van der Waals surface area contributed by atoms with Crippen LogP contribution < -0.4 is 20.1 Å². The van der Waals surface area contributed by atoms with Crippen LogP contribution in [0.4, 0.5) is 10.8 Å². The number of rotatable bonds is 6. The van der Waals surface area contributed by atoms with Gasteiger partial charge in [-0.15, -0.1) is 11.3 Å². The zero-order valence-electron chi connectivity index (χ0n) is 17.5. The highest BCUT2D eigenvalue weighted by Gasteiger charge is 2.32. The summed E-state index contributed by atoms with van der Waals surface area (Å²) in [6.45, 7) is 5.38. The van der Waals surface area contributed by atoms with E-state index in [4.69, 9.17) is 9.47 Å². The van der Waals surface area contributed by atoms with E-state index in [1.165, 1.54) is 18.3 Å². The normalized spacial score (nSPS) is 13.8. The van der Waals surface area contributed by atoms with Gasteiger partial charge in [0.05, 0.1) is 5.69 Å². The minimum absolute atomic E-state index is 0.121. The number of carbonyl (C=O) groups is 2. The molecule has 3 aromatic rings. The maximum Gasteiger partial charge on any atom is 0.264 e. The largest absolute Gasteiger partial charge is 0.483 e. The van der Waals surface area contributed by atoms with E-state index in [1.54, 1.807) is 6.07 Å². The molecular formula is C23H23N3O4S. The Morgan fingerprint density at radius 3 is 2.68 bits per heavy atom. The molecule has 0 saturated carbocycles. The van der Waals surface area contributed by atoms with E-state index in [9.17, 15) is 9.59 Å². The number of hydrogen-bond donors (Lipinski definition) is 2. The number of nitrogens with zero attached hydrogens (tertiary/aromatic N) is 1. The minimum atomic E-state index is -0.295. The van der Waals surface area contributed by atoms with Crippen molar-refractivity contribution >= 4 is 34.0 Å². The highest BCUT2D eigenvalue weighted by Crippen LogP contribution is 2.41. The summed E-state index contributed by atoms with van der Waals surface area (Å²) in [4.78, 5) is 27.9. The molecule has 31 heavy (non-hydrogen) atoms. The van der Waals surface area contributed by atoms with E-state index in [-0.39, 0.29) is 24.0 Å². The van der Waals surface area contributed by atoms with Gasteiger partial charge in [-0.25, -0.2) is 4.98 Å². The van der Waals surface area contributed by atoms with Gasteiger partial charge >= 0.3 is 0 Å². The number of thiazole rings is 1. The second-order valence-corrected chi connectivity index (χ2v) is 8.77. The predicted molar refractivity (Wildman–Crippen MR) is 121 cm³/mol. The van der Waals surface area contributed by atoms with Crippen LogP contribution in [0, 0.1) is 0 Å². The molecule has 7 nitrogen and oxygen atoms in total. The molecule has 2 amide bonds. The van der Waals surface area contributed by atoms with Crippen molar-refractivity contribution in [2.24, 2.45) is 0 Å². The Morgan fingerprint density at radius 2 is 1.94 bits per heavy atom. The Hall–Kier alpha value is -3.39. The summed E-state index contributed by atoms with van der Waals surface area (Å²) in [5.74, 6) is 0.859. The van der Waals surface area contributed by atoms with E-state index < -0.39 is 0 Å². The van der Waals surface area contributed by atoms with Gasteiger partial charge in [0.15, 0.2) is 23.2 Å². The first-order valence-corrected chi connectivity index (χ1v) is 10.7. The Balaban J connectivity index is 1.35. The molecule has 0 unspecified atom stereocenters. The second kappa shape index (κ2) is 8.39. The number of hydrogen-bond acceptors (Lipinski definition) is 6. The van der Waals surface area contributed by atoms with Crippen molar-refractivity contribution in [3.05, 3.63) is 53.4 Å². The van der Waals surface area contributed by atoms with Gasteiger partial charge < -0.3 is 14.8 Å². The molecule has 0 radical (unpaired) electrons. The van der Waals surface area contributed by atoms with Gasteiger partial charge in [0, 0.05) is 35.5 Å². The van der Waals surface area contributed by atoms with Crippen molar-refractivity contribution < 1.29 is 19.1 Å². The lowest BCUT2D eigenvalue weighted by molar-refractivity contribution is -0.118. The van der Waals surface area contributed by atoms with E-state index in [0.717, 1.165) is 28.9 Å². The van der Waals surface area contributed by atoms with Gasteiger partial charge in [-0.1, -0.05) is 24.3 Å². The van der Waals surface area contributed by atoms with E-state index in [0.29, 0.717) is 16.6 Å². The smallest absolute Gasteiger partial charge is 0.264 e. The molecule has 0 fully saturated rings. The van der Waals surface area contributed by atoms with Crippen LogP contribution >= 0.6 is 11.3 Å². The number of fused-ring (bicyclic) bond motifs is 1. The third-order valence-electron chi connectivity index (χ3n) is 4.67. The Morgan fingerprint density at radius 1 is 1.16 bits per heavy atom. The first kappa shape index (κ1) is 20.9. The fourth-order valence-corrected chi connectivity index (χ4v) is 4.13. The average Bonchev–Trinajstić information content (AvgIpc) is 3.29. The lowest BCUT2D eigenvalue weighted by Gasteiger charge is -2.18. The van der Waals surface area contributed by atoms with Crippen LogP contribution in [-0.4, -0.2) is 29.0 Å². The highest BCUT2D eigenvalue weighted by atomic mass is 32.1. The van der Waals surface area contributed by atoms with Crippen molar-refractivity contribution in [2.75, 3.05) is 17.2 Å². The van der Waals surface area contributed by atoms with Gasteiger partial charge in [-0.3, -0.25) is 14.9 Å². The summed E-state index contributed by atoms with van der Waals surface area (Å²) < 4.78 is 11.7. The molecular weight excluding hydrogens is 414 g/mol. The number of benzene rings is 2. The Kier molecular flexibility index (Phi) is 5.65. The van der Waals surface area contributed by atoms with Crippen molar-refractivity contribution in [2.45, 2.75) is 32.8 Å². The molecule has 4 rings (SSSR count). The topological polar surface area (TPSA) is 89.6 Å². The fourth-order valence-electron chi connectivity index (χ4n) is 3.39. The maximum absolute atomic E-state index is 12.4. The standard InChI is InChI=1S/C23H23N3O4S/c1-14(27)24-17-9-7-15(8-10-17)18-13-31-22(25-18)26-20(28)12-29-19-6-4-5-16-11-23(2,3)30-21(16)19/h4-10,13H,11-12H2,1-3H3,(H,24,27)(H,25,26,28). The summed E-state index contributed by atoms with van der Waals surface area (Å²) in [6, 6.07) is 13.1. The Bertz CT molecular complexity index is 1120. The third-order valence-corrected chi connectivity index (χ3v) is 5.42. The van der Waals surface area contributed by atoms with Crippen LogP contribution in [0.2, 0.25) is 0 Å². The average molecular weight is 438 g/mol. The molecule has 8 heteroatoms. The molecule has 1 aromatic heterocycles. The van der Waals surface area contributed by atoms with Crippen molar-refractivity contribution in [3.8, 4) is 22.8 Å². The SMILES string of the molecule is CC(=O)Nc1ccc(-c2csc(NC(=O)COc3cccc4c3OC(C)(C)C4)n2)cc1. The van der Waals surface area contributed by atoms with E-state index in [2.05, 4.69) is 15.6 Å². The lowest BCUT2D eigenvalue weighted by Crippen LogP contribution is -2.25. The monoisotopic (exact) mass is 437 g/mol. The molecule has 0 spiro atoms. The molecule has 1 aliphatic rings. The van der Waals surface area contributed by atoms with Gasteiger partial charge in [-0.05, 0) is 32.0 Å². The Labute approximate surface area is 184 Å². The predicted octanol–water partition coefficient (Wildman–Crippen LogP) is 4.50. The van der Waals surface area contributed by atoms with Gasteiger partial charge in [-0.2, -0.15) is 0 Å². The molecule has 2 aromatic carbocycles. The highest BCUT2D eigenvalue weighted by molar-refractivity contribution is 7.14. The van der Waals surface area contributed by atoms with Crippen LogP contribution in [0.15, 0.2) is 47.8 Å². The van der Waals surface area contributed by atoms with Gasteiger partial charge in [0.1, 0.15) is 5.60 Å². The maximum atomic E-state index is 12.4. The van der Waals surface area contributed by atoms with Crippen LogP contribution in [0.25, 0.3) is 11.3 Å². The zero-order chi connectivity index (χ0) is 22.0. The number of carbonyl (C=O) groups excluding carboxylic acids is 2. The molecule has 0 saturated heterocycles. The summed E-state index contributed by atoms with van der Waals surface area (Å²) >= 11 is 1.34. The summed E-state index contributed by atoms with van der Waals surface area (Å²) in [5.41, 5.74) is 3.16. The number of ether oxygens (including phenoxy) is 2. The minimum Gasteiger partial charge on any atom is -0.483 e. The number of nitrogens with one attached hydrogen (secondary N) is 2. The van der Waals surface area contributed by atoms with Crippen LogP contribution in [0.3, 0.4) is 0 Å². The molecule has 1 aliphatic heterocycles. The number of amides is 2. The van der Waals surface area contributed by atoms with Gasteiger partial charge in [0.25, 0.3) is 5.91 Å². The molecule has 160 valence electrons. The van der Waals surface area contributed by atoms with Crippen molar-refractivity contribution in [1.29, 1.82) is 0 Å². The fraction of sp³-hybridized carbons (Fsp3) is 0.261. The van der Waals surface area contributed by atoms with E-state index >= 15 is 0 Å². The van der Waals surface area contributed by atoms with Crippen LogP contribution in [-0.2, 0) is 16.0 Å². The number of anilines is 2. The first-order chi connectivity index (χ1) is 14.8. The molecule has 2 heterocycles. The summed E-state index contributed by atoms with van der Waals surface area (Å²) in [6.07, 6.45) is 0.805. The molecule has 0 bridgehead atoms. The van der Waals surface area contributed by atoms with Gasteiger partial charge in [0.2, 0.25) is 5.91 Å². The van der Waals surface area contributed by atoms with Crippen LogP contribution in [0.5, 0.6) is 11.5 Å². The van der Waals surface area contributed by atoms with Crippen molar-refractivity contribution in [1.82, 2.24) is 4.98 Å². The quantitative estimate of drug-likeness (QED) is 0.593. The lowest BCUT2D eigenvalue weighted by atomic mass is 10.0. The van der Waals surface area contributed by atoms with Crippen LogP contribution in [0.1, 0.15) is 26.3 Å². The summed E-state index contributed by atoms with van der Waals surface area (Å²) in [7, 11) is 0.